The topological polar surface area (TPSA) is 63.8 Å². The second-order valence-electron chi connectivity index (χ2n) is 6.58. The van der Waals surface area contributed by atoms with Crippen molar-refractivity contribution in [3.05, 3.63) is 47.8 Å². The molecule has 0 saturated heterocycles. The Bertz CT molecular complexity index is 896. The number of hydrogen-bond acceptors (Lipinski definition) is 5. The second-order valence-corrected chi connectivity index (χ2v) is 6.58. The molecule has 1 aliphatic rings. The Morgan fingerprint density at radius 2 is 2.00 bits per heavy atom. The van der Waals surface area contributed by atoms with Gasteiger partial charge in [-0.2, -0.15) is 0 Å². The molecule has 0 fully saturated rings. The van der Waals surface area contributed by atoms with Gasteiger partial charge in [0, 0.05) is 12.1 Å². The zero-order valence-corrected chi connectivity index (χ0v) is 14.5. The lowest BCUT2D eigenvalue weighted by Crippen LogP contribution is -2.06. The van der Waals surface area contributed by atoms with Crippen molar-refractivity contribution in [2.75, 3.05) is 11.9 Å². The van der Waals surface area contributed by atoms with Crippen LogP contribution in [0.25, 0.3) is 22.4 Å². The molecule has 0 saturated carbocycles. The van der Waals surface area contributed by atoms with Crippen LogP contribution in [0.15, 0.2) is 46.8 Å². The maximum atomic E-state index is 5.56. The summed E-state index contributed by atoms with van der Waals surface area (Å²) >= 11 is 0. The van der Waals surface area contributed by atoms with Gasteiger partial charge in [-0.05, 0) is 39.0 Å². The van der Waals surface area contributed by atoms with Crippen molar-refractivity contribution in [2.24, 2.45) is 0 Å². The first-order chi connectivity index (χ1) is 12.3. The molecule has 5 heteroatoms. The summed E-state index contributed by atoms with van der Waals surface area (Å²) in [5.74, 6) is 0.715. The van der Waals surface area contributed by atoms with E-state index in [-0.39, 0.29) is 0 Å². The molecule has 25 heavy (non-hydrogen) atoms. The monoisotopic (exact) mass is 334 g/mol. The minimum absolute atomic E-state index is 0.621. The molecule has 5 nitrogen and oxygen atoms in total. The van der Waals surface area contributed by atoms with Crippen molar-refractivity contribution in [2.45, 2.75) is 39.0 Å². The number of nitrogens with one attached hydrogen (secondary N) is 1. The number of hydrogen-bond donors (Lipinski definition) is 1. The average molecular weight is 334 g/mol. The molecule has 128 valence electrons. The van der Waals surface area contributed by atoms with Crippen molar-refractivity contribution >= 4 is 16.9 Å². The van der Waals surface area contributed by atoms with E-state index in [1.54, 1.807) is 11.9 Å². The number of benzene rings is 1. The third-order valence-electron chi connectivity index (χ3n) is 4.70. The fourth-order valence-corrected chi connectivity index (χ4v) is 3.26. The first kappa shape index (κ1) is 15.8. The van der Waals surface area contributed by atoms with E-state index in [0.717, 1.165) is 29.7 Å². The van der Waals surface area contributed by atoms with E-state index in [2.05, 4.69) is 45.6 Å². The van der Waals surface area contributed by atoms with Crippen LogP contribution in [0.1, 0.15) is 37.7 Å². The van der Waals surface area contributed by atoms with Gasteiger partial charge >= 0.3 is 0 Å². The highest BCUT2D eigenvalue weighted by atomic mass is 16.5. The normalized spacial score (nSPS) is 14.5. The summed E-state index contributed by atoms with van der Waals surface area (Å²) in [6.07, 6.45) is 10.1. The summed E-state index contributed by atoms with van der Waals surface area (Å²) < 4.78 is 5.56. The summed E-state index contributed by atoms with van der Waals surface area (Å²) in [4.78, 5) is 8.72. The minimum atomic E-state index is 0.621. The van der Waals surface area contributed by atoms with E-state index in [9.17, 15) is 0 Å². The molecular weight excluding hydrogens is 312 g/mol. The quantitative estimate of drug-likeness (QED) is 0.673. The summed E-state index contributed by atoms with van der Waals surface area (Å²) in [6, 6.07) is 8.21. The van der Waals surface area contributed by atoms with E-state index >= 15 is 0 Å². The van der Waals surface area contributed by atoms with Crippen LogP contribution in [0.4, 0.5) is 5.82 Å². The van der Waals surface area contributed by atoms with E-state index < -0.39 is 0 Å². The van der Waals surface area contributed by atoms with Crippen molar-refractivity contribution in [1.82, 2.24) is 15.1 Å². The molecule has 0 unspecified atom stereocenters. The zero-order chi connectivity index (χ0) is 17.1. The maximum absolute atomic E-state index is 5.56. The highest BCUT2D eigenvalue weighted by molar-refractivity contribution is 5.93. The molecule has 0 spiro atoms. The van der Waals surface area contributed by atoms with Gasteiger partial charge in [-0.25, -0.2) is 9.97 Å². The van der Waals surface area contributed by atoms with Crippen LogP contribution in [0, 0.1) is 6.92 Å². The van der Waals surface area contributed by atoms with Gasteiger partial charge in [-0.15, -0.1) is 0 Å². The molecule has 0 radical (unpaired) electrons. The number of fused-ring (bicyclic) bond motifs is 1. The van der Waals surface area contributed by atoms with E-state index in [1.165, 1.54) is 31.2 Å². The molecule has 1 aromatic carbocycles. The Hall–Kier alpha value is -2.69. The second kappa shape index (κ2) is 7.05. The maximum Gasteiger partial charge on any atom is 0.228 e. The number of rotatable bonds is 5. The minimum Gasteiger partial charge on any atom is -0.366 e. The van der Waals surface area contributed by atoms with E-state index in [0.29, 0.717) is 11.4 Å². The van der Waals surface area contributed by atoms with Crippen LogP contribution in [0.5, 0.6) is 0 Å². The van der Waals surface area contributed by atoms with Crippen LogP contribution >= 0.6 is 0 Å². The molecule has 2 heterocycles. The molecular formula is C20H22N4O. The summed E-state index contributed by atoms with van der Waals surface area (Å²) in [5, 5.41) is 7.61. The van der Waals surface area contributed by atoms with Gasteiger partial charge in [0.05, 0.1) is 0 Å². The Kier molecular flexibility index (Phi) is 4.46. The van der Waals surface area contributed by atoms with Gasteiger partial charge in [-0.3, -0.25) is 0 Å². The van der Waals surface area contributed by atoms with Crippen molar-refractivity contribution < 1.29 is 4.52 Å². The largest absolute Gasteiger partial charge is 0.366 e. The number of aryl methyl sites for hydroxylation is 1. The van der Waals surface area contributed by atoms with Crippen LogP contribution in [-0.2, 0) is 0 Å². The molecule has 3 aromatic rings. The van der Waals surface area contributed by atoms with Crippen molar-refractivity contribution in [1.29, 1.82) is 0 Å². The van der Waals surface area contributed by atoms with Gasteiger partial charge in [0.15, 0.2) is 5.82 Å². The molecule has 0 amide bonds. The Balaban J connectivity index is 1.54. The van der Waals surface area contributed by atoms with Crippen LogP contribution < -0.4 is 5.32 Å². The number of aromatic nitrogens is 3. The van der Waals surface area contributed by atoms with E-state index in [1.807, 2.05) is 12.1 Å². The predicted octanol–water partition coefficient (Wildman–Crippen LogP) is 4.90. The van der Waals surface area contributed by atoms with Crippen LogP contribution in [-0.4, -0.2) is 21.7 Å². The molecule has 1 aliphatic carbocycles. The van der Waals surface area contributed by atoms with Gasteiger partial charge in [0.2, 0.25) is 5.58 Å². The Morgan fingerprint density at radius 1 is 1.12 bits per heavy atom. The lowest BCUT2D eigenvalue weighted by atomic mass is 9.97. The van der Waals surface area contributed by atoms with Crippen molar-refractivity contribution in [3.8, 4) is 11.3 Å². The SMILES string of the molecule is Cc1ccc(-c2noc3c(NCCC4=CCCCC4)ncnc23)cc1. The molecule has 4 rings (SSSR count). The third kappa shape index (κ3) is 3.40. The highest BCUT2D eigenvalue weighted by Crippen LogP contribution is 2.29. The standard InChI is InChI=1S/C20H22N4O/c1-14-7-9-16(10-8-14)17-18-19(25-24-17)20(23-13-22-18)21-12-11-15-5-3-2-4-6-15/h5,7-10,13H,2-4,6,11-12H2,1H3,(H,21,22,23). The molecule has 1 N–H and O–H groups in total. The Labute approximate surface area is 147 Å². The van der Waals surface area contributed by atoms with Crippen LogP contribution in [0.3, 0.4) is 0 Å². The first-order valence-corrected chi connectivity index (χ1v) is 8.90. The van der Waals surface area contributed by atoms with Gasteiger partial charge < -0.3 is 9.84 Å². The summed E-state index contributed by atoms with van der Waals surface area (Å²) in [7, 11) is 0. The fourth-order valence-electron chi connectivity index (χ4n) is 3.26. The van der Waals surface area contributed by atoms with Gasteiger partial charge in [0.25, 0.3) is 0 Å². The zero-order valence-electron chi connectivity index (χ0n) is 14.5. The van der Waals surface area contributed by atoms with E-state index in [4.69, 9.17) is 4.52 Å². The first-order valence-electron chi connectivity index (χ1n) is 8.90. The smallest absolute Gasteiger partial charge is 0.228 e. The Morgan fingerprint density at radius 3 is 2.80 bits per heavy atom. The average Bonchev–Trinajstić information content (AvgIpc) is 3.08. The fraction of sp³-hybridized carbons (Fsp3) is 0.350. The van der Waals surface area contributed by atoms with Crippen molar-refractivity contribution in [3.63, 3.8) is 0 Å². The number of allylic oxidation sites excluding steroid dienone is 1. The van der Waals surface area contributed by atoms with Gasteiger partial charge in [-0.1, -0.05) is 46.6 Å². The van der Waals surface area contributed by atoms with Crippen LogP contribution in [0.2, 0.25) is 0 Å². The number of anilines is 1. The molecule has 2 aromatic heterocycles. The van der Waals surface area contributed by atoms with Gasteiger partial charge in [0.1, 0.15) is 17.5 Å². The lowest BCUT2D eigenvalue weighted by molar-refractivity contribution is 0.459. The third-order valence-corrected chi connectivity index (χ3v) is 4.70. The lowest BCUT2D eigenvalue weighted by Gasteiger charge is -2.12. The number of nitrogens with zero attached hydrogens (tertiary/aromatic N) is 3. The summed E-state index contributed by atoms with van der Waals surface area (Å²) in [5.41, 5.74) is 5.89. The molecule has 0 atom stereocenters. The highest BCUT2D eigenvalue weighted by Gasteiger charge is 2.16. The molecule has 0 bridgehead atoms. The summed E-state index contributed by atoms with van der Waals surface area (Å²) in [6.45, 7) is 2.91. The predicted molar refractivity (Wildman–Crippen MR) is 99.4 cm³/mol. The molecule has 0 aliphatic heterocycles.